The van der Waals surface area contributed by atoms with Crippen LogP contribution in [-0.4, -0.2) is 14.8 Å². The van der Waals surface area contributed by atoms with Crippen LogP contribution >= 0.6 is 22.2 Å². The third-order valence-electron chi connectivity index (χ3n) is 2.14. The Kier molecular flexibility index (Phi) is 5.29. The lowest BCUT2D eigenvalue weighted by atomic mass is 10.9. The maximum Gasteiger partial charge on any atom is 0.248 e. The van der Waals surface area contributed by atoms with Gasteiger partial charge in [-0.25, -0.2) is 0 Å². The minimum atomic E-state index is -1.98. The van der Waals surface area contributed by atoms with Gasteiger partial charge < -0.3 is 0 Å². The predicted molar refractivity (Wildman–Crippen MR) is 69.3 cm³/mol. The summed E-state index contributed by atoms with van der Waals surface area (Å²) >= 11 is 12.1. The first kappa shape index (κ1) is 13.2. The van der Waals surface area contributed by atoms with E-state index >= 15 is 0 Å². The van der Waals surface area contributed by atoms with E-state index in [1.165, 1.54) is 0 Å². The molecule has 0 amide bonds. The molecule has 0 saturated heterocycles. The van der Waals surface area contributed by atoms with Crippen molar-refractivity contribution in [2.75, 3.05) is 0 Å². The molecule has 0 aliphatic rings. The van der Waals surface area contributed by atoms with Crippen LogP contribution in [-0.2, 0) is 0 Å². The van der Waals surface area contributed by atoms with Crippen molar-refractivity contribution < 1.29 is 0 Å². The third kappa shape index (κ3) is 4.86. The van der Waals surface area contributed by atoms with Gasteiger partial charge in [-0.2, -0.15) is 0 Å². The van der Waals surface area contributed by atoms with Gasteiger partial charge in [0.15, 0.2) is 0 Å². The molecular weight excluding hydrogens is 235 g/mol. The molecule has 0 aromatic rings. The van der Waals surface area contributed by atoms with Crippen molar-refractivity contribution in [2.24, 2.45) is 0 Å². The molecule has 74 valence electrons. The summed E-state index contributed by atoms with van der Waals surface area (Å²) < 4.78 is 0. The fourth-order valence-corrected chi connectivity index (χ4v) is 7.29. The molecule has 0 aromatic heterocycles. The number of hydrogen-bond acceptors (Lipinski definition) is 0. The van der Waals surface area contributed by atoms with Gasteiger partial charge in [0.1, 0.15) is 8.07 Å². The molecule has 0 rings (SSSR count). The first-order chi connectivity index (χ1) is 5.89. The van der Waals surface area contributed by atoms with Crippen LogP contribution in [0.15, 0.2) is 36.8 Å². The van der Waals surface area contributed by atoms with Crippen LogP contribution in [0.25, 0.3) is 0 Å². The van der Waals surface area contributed by atoms with Crippen LogP contribution in [0.5, 0.6) is 0 Å². The molecule has 0 spiro atoms. The fourth-order valence-electron chi connectivity index (χ4n) is 0.992. The molecule has 0 aliphatic carbocycles. The lowest BCUT2D eigenvalue weighted by molar-refractivity contribution is 1.36. The molecule has 0 nitrogen and oxygen atoms in total. The predicted octanol–water partition coefficient (Wildman–Crippen LogP) is 4.16. The minimum Gasteiger partial charge on any atom is -0.146 e. The molecule has 0 aliphatic heterocycles. The lowest BCUT2D eigenvalue weighted by Crippen LogP contribution is -2.29. The Hall–Kier alpha value is 0.234. The first-order valence-corrected chi connectivity index (χ1v) is 11.3. The summed E-state index contributed by atoms with van der Waals surface area (Å²) in [5, 5.41) is 0. The highest BCUT2D eigenvalue weighted by molar-refractivity contribution is 7.45. The van der Waals surface area contributed by atoms with E-state index in [-0.39, 0.29) is 0 Å². The van der Waals surface area contributed by atoms with Crippen LogP contribution in [0.2, 0.25) is 18.6 Å². The topological polar surface area (TPSA) is 0 Å². The normalized spacial score (nSPS) is 12.2. The van der Waals surface area contributed by atoms with E-state index in [1.807, 2.05) is 23.6 Å². The van der Waals surface area contributed by atoms with Gasteiger partial charge in [0, 0.05) is 0 Å². The van der Waals surface area contributed by atoms with Crippen LogP contribution < -0.4 is 0 Å². The summed E-state index contributed by atoms with van der Waals surface area (Å²) in [6, 6.07) is 1.87. The Balaban J connectivity index is 4.36. The summed E-state index contributed by atoms with van der Waals surface area (Å²) in [5.74, 6) is 0. The number of hydrogen-bond donors (Lipinski definition) is 0. The van der Waals surface area contributed by atoms with Crippen molar-refractivity contribution in [3.05, 3.63) is 36.8 Å². The average Bonchev–Trinajstić information content (AvgIpc) is 2.06. The smallest absolute Gasteiger partial charge is 0.146 e. The number of halogens is 2. The molecule has 0 atom stereocenters. The molecule has 4 heteroatoms. The second kappa shape index (κ2) is 5.20. The standard InChI is InChI=1S/C9H16Cl2Si2/c1-5-13(6-2,7-3)9-8-12(4,10)11/h5-7H,1-3,8-9H2,4H3. The highest BCUT2D eigenvalue weighted by atomic mass is 35.7. The Morgan fingerprint density at radius 1 is 1.00 bits per heavy atom. The van der Waals surface area contributed by atoms with Gasteiger partial charge in [-0.15, -0.1) is 41.9 Å². The van der Waals surface area contributed by atoms with Crippen molar-refractivity contribution in [1.29, 1.82) is 0 Å². The third-order valence-corrected chi connectivity index (χ3v) is 8.30. The van der Waals surface area contributed by atoms with Gasteiger partial charge in [-0.05, 0) is 18.6 Å². The Morgan fingerprint density at radius 3 is 1.62 bits per heavy atom. The highest BCUT2D eigenvalue weighted by Gasteiger charge is 2.28. The fraction of sp³-hybridized carbons (Fsp3) is 0.333. The van der Waals surface area contributed by atoms with Crippen LogP contribution in [0.1, 0.15) is 0 Å². The van der Waals surface area contributed by atoms with Crippen LogP contribution in [0, 0.1) is 0 Å². The zero-order valence-electron chi connectivity index (χ0n) is 8.02. The molecule has 0 saturated carbocycles. The molecule has 0 unspecified atom stereocenters. The monoisotopic (exact) mass is 250 g/mol. The number of rotatable bonds is 6. The molecule has 13 heavy (non-hydrogen) atoms. The molecule has 0 heterocycles. The van der Waals surface area contributed by atoms with E-state index in [2.05, 4.69) is 19.7 Å². The van der Waals surface area contributed by atoms with Gasteiger partial charge in [-0.3, -0.25) is 0 Å². The molecule has 0 aromatic carbocycles. The largest absolute Gasteiger partial charge is 0.248 e. The second-order valence-corrected chi connectivity index (χ2v) is 15.5. The zero-order chi connectivity index (χ0) is 10.5. The highest BCUT2D eigenvalue weighted by Crippen LogP contribution is 2.27. The van der Waals surface area contributed by atoms with Crippen molar-refractivity contribution in [1.82, 2.24) is 0 Å². The second-order valence-electron chi connectivity index (χ2n) is 3.29. The van der Waals surface area contributed by atoms with Gasteiger partial charge in [0.2, 0.25) is 6.69 Å². The quantitative estimate of drug-likeness (QED) is 0.491. The van der Waals surface area contributed by atoms with E-state index in [9.17, 15) is 0 Å². The van der Waals surface area contributed by atoms with Gasteiger partial charge >= 0.3 is 0 Å². The summed E-state index contributed by atoms with van der Waals surface area (Å²) in [6.45, 7) is 11.4. The SMILES string of the molecule is C=C[Si](C=C)(C=C)CC[Si](C)(Cl)Cl. The van der Waals surface area contributed by atoms with Crippen molar-refractivity contribution >= 4 is 36.9 Å². The zero-order valence-corrected chi connectivity index (χ0v) is 11.5. The Morgan fingerprint density at radius 2 is 1.38 bits per heavy atom. The van der Waals surface area contributed by atoms with E-state index in [4.69, 9.17) is 22.2 Å². The van der Waals surface area contributed by atoms with E-state index in [1.54, 1.807) is 0 Å². The minimum absolute atomic E-state index is 0.881. The average molecular weight is 251 g/mol. The molecule has 0 fully saturated rings. The Bertz CT molecular complexity index is 184. The van der Waals surface area contributed by atoms with Gasteiger partial charge in [0.25, 0.3) is 0 Å². The van der Waals surface area contributed by atoms with Crippen molar-refractivity contribution in [2.45, 2.75) is 18.6 Å². The summed E-state index contributed by atoms with van der Waals surface area (Å²) in [5.41, 5.74) is 5.92. The summed E-state index contributed by atoms with van der Waals surface area (Å²) in [7, 11) is -1.67. The van der Waals surface area contributed by atoms with Gasteiger partial charge in [0.05, 0.1) is 0 Å². The van der Waals surface area contributed by atoms with E-state index < -0.39 is 14.8 Å². The molecule has 0 bridgehead atoms. The summed E-state index contributed by atoms with van der Waals surface area (Å²) in [4.78, 5) is 0. The van der Waals surface area contributed by atoms with Gasteiger partial charge in [-0.1, -0.05) is 17.1 Å². The summed E-state index contributed by atoms with van der Waals surface area (Å²) in [6.07, 6.45) is 0. The molecule has 0 N–H and O–H groups in total. The Labute approximate surface area is 92.4 Å². The van der Waals surface area contributed by atoms with E-state index in [0.717, 1.165) is 12.1 Å². The first-order valence-electron chi connectivity index (χ1n) is 4.18. The molecule has 0 radical (unpaired) electrons. The van der Waals surface area contributed by atoms with Crippen molar-refractivity contribution in [3.8, 4) is 0 Å². The lowest BCUT2D eigenvalue weighted by Gasteiger charge is -2.21. The maximum absolute atomic E-state index is 6.03. The van der Waals surface area contributed by atoms with E-state index in [0.29, 0.717) is 0 Å². The van der Waals surface area contributed by atoms with Crippen LogP contribution in [0.3, 0.4) is 0 Å². The van der Waals surface area contributed by atoms with Crippen molar-refractivity contribution in [3.63, 3.8) is 0 Å². The van der Waals surface area contributed by atoms with Crippen LogP contribution in [0.4, 0.5) is 0 Å². The maximum atomic E-state index is 6.03. The molecular formula is C9H16Cl2Si2.